The Balaban J connectivity index is 1.41. The van der Waals surface area contributed by atoms with Gasteiger partial charge in [-0.15, -0.1) is 0 Å². The zero-order chi connectivity index (χ0) is 20.4. The first-order chi connectivity index (χ1) is 14.0. The quantitative estimate of drug-likeness (QED) is 0.738. The smallest absolute Gasteiger partial charge is 0.245 e. The van der Waals surface area contributed by atoms with Gasteiger partial charge >= 0.3 is 0 Å². The molecule has 2 saturated heterocycles. The third-order valence-corrected chi connectivity index (χ3v) is 6.28. The minimum Gasteiger partial charge on any atom is -0.368 e. The van der Waals surface area contributed by atoms with Crippen LogP contribution in [0.3, 0.4) is 0 Å². The summed E-state index contributed by atoms with van der Waals surface area (Å²) >= 11 is 12.4. The molecular formula is C22H23Cl2N3O2. The minimum atomic E-state index is -0.406. The number of rotatable bonds is 4. The lowest BCUT2D eigenvalue weighted by molar-refractivity contribution is -0.142. The average Bonchev–Trinajstić information content (AvgIpc) is 3.09. The van der Waals surface area contributed by atoms with Gasteiger partial charge in [0.15, 0.2) is 0 Å². The second-order valence-corrected chi connectivity index (χ2v) is 8.30. The fraction of sp³-hybridized carbons (Fsp3) is 0.364. The third kappa shape index (κ3) is 4.36. The highest BCUT2D eigenvalue weighted by Crippen LogP contribution is 2.27. The number of amides is 2. The Kier molecular flexibility index (Phi) is 5.97. The molecule has 7 heteroatoms. The van der Waals surface area contributed by atoms with Crippen LogP contribution >= 0.6 is 23.2 Å². The summed E-state index contributed by atoms with van der Waals surface area (Å²) in [5, 5.41) is 1.33. The molecule has 0 aliphatic carbocycles. The SMILES string of the molecule is O=C([C@@H]1CCC(=O)N1Cc1ccccc1Cl)N1CCN(c2cccc(Cl)c2)CC1. The first-order valence-electron chi connectivity index (χ1n) is 9.85. The maximum atomic E-state index is 13.2. The molecular weight excluding hydrogens is 409 g/mol. The number of piperazine rings is 1. The molecule has 0 unspecified atom stereocenters. The molecule has 29 heavy (non-hydrogen) atoms. The Bertz CT molecular complexity index is 912. The van der Waals surface area contributed by atoms with Crippen LogP contribution in [0.2, 0.25) is 10.0 Å². The van der Waals surface area contributed by atoms with Crippen LogP contribution < -0.4 is 4.90 Å². The summed E-state index contributed by atoms with van der Waals surface area (Å²) in [7, 11) is 0. The highest BCUT2D eigenvalue weighted by atomic mass is 35.5. The number of likely N-dealkylation sites (tertiary alicyclic amines) is 1. The molecule has 4 rings (SSSR count). The molecule has 0 spiro atoms. The maximum Gasteiger partial charge on any atom is 0.245 e. The van der Waals surface area contributed by atoms with E-state index >= 15 is 0 Å². The van der Waals surface area contributed by atoms with Gasteiger partial charge in [0.05, 0.1) is 0 Å². The third-order valence-electron chi connectivity index (χ3n) is 5.68. The van der Waals surface area contributed by atoms with Crippen molar-refractivity contribution in [1.82, 2.24) is 9.80 Å². The predicted octanol–water partition coefficient (Wildman–Crippen LogP) is 3.83. The van der Waals surface area contributed by atoms with Crippen LogP contribution in [-0.4, -0.2) is 53.8 Å². The van der Waals surface area contributed by atoms with Crippen LogP contribution in [0.1, 0.15) is 18.4 Å². The molecule has 1 atom stereocenters. The van der Waals surface area contributed by atoms with Gasteiger partial charge in [0.25, 0.3) is 0 Å². The van der Waals surface area contributed by atoms with E-state index < -0.39 is 6.04 Å². The van der Waals surface area contributed by atoms with Gasteiger partial charge in [0.2, 0.25) is 11.8 Å². The first-order valence-corrected chi connectivity index (χ1v) is 10.6. The molecule has 0 bridgehead atoms. The molecule has 0 aromatic heterocycles. The Morgan fingerprint density at radius 3 is 2.48 bits per heavy atom. The number of halogens is 2. The summed E-state index contributed by atoms with van der Waals surface area (Å²) < 4.78 is 0. The van der Waals surface area contributed by atoms with Gasteiger partial charge in [-0.3, -0.25) is 9.59 Å². The molecule has 2 aliphatic heterocycles. The Labute approximate surface area is 180 Å². The van der Waals surface area contributed by atoms with E-state index in [1.165, 1.54) is 0 Å². The highest BCUT2D eigenvalue weighted by Gasteiger charge is 2.39. The zero-order valence-corrected chi connectivity index (χ0v) is 17.6. The average molecular weight is 432 g/mol. The lowest BCUT2D eigenvalue weighted by Crippen LogP contribution is -2.54. The van der Waals surface area contributed by atoms with E-state index in [1.807, 2.05) is 53.4 Å². The number of nitrogens with zero attached hydrogens (tertiary/aromatic N) is 3. The predicted molar refractivity (Wildman–Crippen MR) is 115 cm³/mol. The normalized spacial score (nSPS) is 19.7. The lowest BCUT2D eigenvalue weighted by Gasteiger charge is -2.38. The summed E-state index contributed by atoms with van der Waals surface area (Å²) in [4.78, 5) is 31.4. The molecule has 2 fully saturated rings. The zero-order valence-electron chi connectivity index (χ0n) is 16.1. The van der Waals surface area contributed by atoms with Crippen molar-refractivity contribution >= 4 is 40.7 Å². The van der Waals surface area contributed by atoms with Crippen LogP contribution in [-0.2, 0) is 16.1 Å². The Morgan fingerprint density at radius 1 is 1.00 bits per heavy atom. The van der Waals surface area contributed by atoms with E-state index in [4.69, 9.17) is 23.2 Å². The van der Waals surface area contributed by atoms with Gasteiger partial charge in [-0.1, -0.05) is 47.5 Å². The first kappa shape index (κ1) is 20.0. The second kappa shape index (κ2) is 8.64. The molecule has 0 saturated carbocycles. The molecule has 152 valence electrons. The number of benzene rings is 2. The Hall–Kier alpha value is -2.24. The molecule has 2 heterocycles. The summed E-state index contributed by atoms with van der Waals surface area (Å²) in [5.41, 5.74) is 1.94. The largest absolute Gasteiger partial charge is 0.368 e. The highest BCUT2D eigenvalue weighted by molar-refractivity contribution is 6.31. The number of hydrogen-bond acceptors (Lipinski definition) is 3. The maximum absolute atomic E-state index is 13.2. The number of anilines is 1. The molecule has 2 amide bonds. The van der Waals surface area contributed by atoms with Crippen molar-refractivity contribution < 1.29 is 9.59 Å². The molecule has 2 aromatic carbocycles. The van der Waals surface area contributed by atoms with Crippen molar-refractivity contribution in [2.24, 2.45) is 0 Å². The van der Waals surface area contributed by atoms with E-state index in [0.717, 1.165) is 24.3 Å². The van der Waals surface area contributed by atoms with Gasteiger partial charge in [-0.05, 0) is 36.2 Å². The topological polar surface area (TPSA) is 43.9 Å². The van der Waals surface area contributed by atoms with Gasteiger partial charge < -0.3 is 14.7 Å². The lowest BCUT2D eigenvalue weighted by atomic mass is 10.1. The van der Waals surface area contributed by atoms with Gasteiger partial charge in [-0.25, -0.2) is 0 Å². The second-order valence-electron chi connectivity index (χ2n) is 7.46. The van der Waals surface area contributed by atoms with Crippen molar-refractivity contribution in [3.8, 4) is 0 Å². The van der Waals surface area contributed by atoms with Crippen molar-refractivity contribution in [3.05, 3.63) is 64.1 Å². The van der Waals surface area contributed by atoms with E-state index in [9.17, 15) is 9.59 Å². The number of hydrogen-bond donors (Lipinski definition) is 0. The standard InChI is InChI=1S/C22H23Cl2N3O2/c23-17-5-3-6-18(14-17)25-10-12-26(13-11-25)22(29)20-8-9-21(28)27(20)15-16-4-1-2-7-19(16)24/h1-7,14,20H,8-13,15H2/t20-/m0/s1. The number of carbonyl (C=O) groups is 2. The van der Waals surface area contributed by atoms with Crippen molar-refractivity contribution in [1.29, 1.82) is 0 Å². The fourth-order valence-electron chi connectivity index (χ4n) is 4.07. The van der Waals surface area contributed by atoms with Crippen molar-refractivity contribution in [3.63, 3.8) is 0 Å². The van der Waals surface area contributed by atoms with Gasteiger partial charge in [-0.2, -0.15) is 0 Å². The van der Waals surface area contributed by atoms with Crippen LogP contribution in [0, 0.1) is 0 Å². The van der Waals surface area contributed by atoms with E-state index in [1.54, 1.807) is 4.90 Å². The number of carbonyl (C=O) groups excluding carboxylic acids is 2. The fourth-order valence-corrected chi connectivity index (χ4v) is 4.45. The Morgan fingerprint density at radius 2 is 1.76 bits per heavy atom. The summed E-state index contributed by atoms with van der Waals surface area (Å²) in [5.74, 6) is 0.0504. The molecule has 2 aromatic rings. The van der Waals surface area contributed by atoms with Gasteiger partial charge in [0.1, 0.15) is 6.04 Å². The van der Waals surface area contributed by atoms with Crippen LogP contribution in [0.25, 0.3) is 0 Å². The van der Waals surface area contributed by atoms with E-state index in [2.05, 4.69) is 4.90 Å². The molecule has 5 nitrogen and oxygen atoms in total. The molecule has 0 radical (unpaired) electrons. The van der Waals surface area contributed by atoms with Gasteiger partial charge in [0, 0.05) is 54.9 Å². The minimum absolute atomic E-state index is 0.0147. The summed E-state index contributed by atoms with van der Waals surface area (Å²) in [6.45, 7) is 3.14. The van der Waals surface area contributed by atoms with Crippen LogP contribution in [0.15, 0.2) is 48.5 Å². The van der Waals surface area contributed by atoms with Crippen LogP contribution in [0.5, 0.6) is 0 Å². The summed E-state index contributed by atoms with van der Waals surface area (Å²) in [6, 6.07) is 14.8. The summed E-state index contributed by atoms with van der Waals surface area (Å²) in [6.07, 6.45) is 0.972. The van der Waals surface area contributed by atoms with E-state index in [-0.39, 0.29) is 11.8 Å². The molecule has 0 N–H and O–H groups in total. The molecule has 2 aliphatic rings. The van der Waals surface area contributed by atoms with Crippen molar-refractivity contribution in [2.75, 3.05) is 31.1 Å². The monoisotopic (exact) mass is 431 g/mol. The van der Waals surface area contributed by atoms with E-state index in [0.29, 0.717) is 42.5 Å². The van der Waals surface area contributed by atoms with Crippen molar-refractivity contribution in [2.45, 2.75) is 25.4 Å². The van der Waals surface area contributed by atoms with Crippen LogP contribution in [0.4, 0.5) is 5.69 Å².